The average Bonchev–Trinajstić information content (AvgIpc) is 2.97. The van der Waals surface area contributed by atoms with E-state index in [4.69, 9.17) is 14.2 Å². The summed E-state index contributed by atoms with van der Waals surface area (Å²) in [6.45, 7) is 9.81. The van der Waals surface area contributed by atoms with Gasteiger partial charge in [-0.25, -0.2) is 9.59 Å². The number of rotatable bonds is 6. The summed E-state index contributed by atoms with van der Waals surface area (Å²) in [7, 11) is 0. The van der Waals surface area contributed by atoms with E-state index >= 15 is 0 Å². The van der Waals surface area contributed by atoms with Gasteiger partial charge in [-0.05, 0) is 31.4 Å². The molecule has 8 nitrogen and oxygen atoms in total. The average molecular weight is 420 g/mol. The molecule has 0 aromatic rings. The summed E-state index contributed by atoms with van der Waals surface area (Å²) >= 11 is 0. The highest BCUT2D eigenvalue weighted by atomic mass is 16.6. The van der Waals surface area contributed by atoms with Gasteiger partial charge in [-0.2, -0.15) is 0 Å². The van der Waals surface area contributed by atoms with Crippen molar-refractivity contribution in [3.63, 3.8) is 0 Å². The minimum atomic E-state index is -1.42. The molecule has 0 bridgehead atoms. The molecule has 0 amide bonds. The molecule has 164 valence electrons. The predicted octanol–water partition coefficient (Wildman–Crippen LogP) is 1.53. The Bertz CT molecular complexity index is 791. The van der Waals surface area contributed by atoms with Gasteiger partial charge >= 0.3 is 17.9 Å². The van der Waals surface area contributed by atoms with E-state index in [0.717, 1.165) is 5.57 Å². The third-order valence-corrected chi connectivity index (χ3v) is 5.11. The lowest BCUT2D eigenvalue weighted by Crippen LogP contribution is -2.35. The highest BCUT2D eigenvalue weighted by Gasteiger charge is 2.44. The Morgan fingerprint density at radius 2 is 2.10 bits per heavy atom. The molecule has 8 heteroatoms. The summed E-state index contributed by atoms with van der Waals surface area (Å²) in [5.41, 5.74) is 1.55. The van der Waals surface area contributed by atoms with Crippen molar-refractivity contribution in [2.24, 2.45) is 5.92 Å². The van der Waals surface area contributed by atoms with Crippen molar-refractivity contribution < 1.29 is 38.8 Å². The van der Waals surface area contributed by atoms with Gasteiger partial charge in [-0.3, -0.25) is 4.79 Å². The molecule has 0 aromatic heterocycles. The van der Waals surface area contributed by atoms with Gasteiger partial charge in [-0.15, -0.1) is 0 Å². The summed E-state index contributed by atoms with van der Waals surface area (Å²) in [5.74, 6) is -2.71. The minimum absolute atomic E-state index is 0.172. The zero-order valence-corrected chi connectivity index (χ0v) is 17.3. The lowest BCUT2D eigenvalue weighted by atomic mass is 9.85. The summed E-state index contributed by atoms with van der Waals surface area (Å²) in [6, 6.07) is 0. The molecule has 0 radical (unpaired) electrons. The standard InChI is InChI=1S/C22H28O8/c1-12-6-5-7-16(10-23)9-19-20(14(3)22(27)30-19)18(8-12)29-21(26)13(2)17(25)11-28-15(4)24/h6,9,17-20,23,25H,2-3,5,7-8,10-11H2,1,4H3/b12-6+,16-9-/t17?,18-,19+,20+/m0/s1. The van der Waals surface area contributed by atoms with E-state index < -0.39 is 48.7 Å². The molecule has 1 unspecified atom stereocenters. The topological polar surface area (TPSA) is 119 Å². The number of fused-ring (bicyclic) bond motifs is 1. The summed E-state index contributed by atoms with van der Waals surface area (Å²) in [6.07, 6.45) is 2.34. The number of carbonyl (C=O) groups is 3. The Morgan fingerprint density at radius 3 is 2.73 bits per heavy atom. The third kappa shape index (κ3) is 5.90. The second-order valence-corrected chi connectivity index (χ2v) is 7.48. The zero-order valence-electron chi connectivity index (χ0n) is 17.3. The first kappa shape index (κ1) is 23.6. The van der Waals surface area contributed by atoms with Gasteiger partial charge in [0.1, 0.15) is 24.9 Å². The van der Waals surface area contributed by atoms with Gasteiger partial charge < -0.3 is 24.4 Å². The largest absolute Gasteiger partial charge is 0.463 e. The van der Waals surface area contributed by atoms with Crippen molar-refractivity contribution in [1.29, 1.82) is 0 Å². The van der Waals surface area contributed by atoms with Crippen LogP contribution in [0.5, 0.6) is 0 Å². The van der Waals surface area contributed by atoms with E-state index in [1.807, 2.05) is 13.0 Å². The molecule has 2 aliphatic rings. The SMILES string of the molecule is C=C(C(=O)O[C@H]1C/C(C)=C/CC/C(CO)=C/[C@H]2OC(=O)C(=C)[C@H]12)C(O)COC(C)=O. The van der Waals surface area contributed by atoms with E-state index in [9.17, 15) is 24.6 Å². The van der Waals surface area contributed by atoms with E-state index in [2.05, 4.69) is 13.2 Å². The van der Waals surface area contributed by atoms with Crippen molar-refractivity contribution in [2.45, 2.75) is 51.4 Å². The van der Waals surface area contributed by atoms with Crippen LogP contribution >= 0.6 is 0 Å². The van der Waals surface area contributed by atoms with Gasteiger partial charge in [0, 0.05) is 18.9 Å². The number of allylic oxidation sites excluding steroid dienone is 1. The molecule has 1 saturated heterocycles. The first-order valence-corrected chi connectivity index (χ1v) is 9.71. The van der Waals surface area contributed by atoms with Crippen molar-refractivity contribution in [2.75, 3.05) is 13.2 Å². The molecule has 1 heterocycles. The molecule has 1 aliphatic heterocycles. The van der Waals surface area contributed by atoms with Crippen LogP contribution in [0.3, 0.4) is 0 Å². The van der Waals surface area contributed by atoms with Crippen LogP contribution in [0.4, 0.5) is 0 Å². The van der Waals surface area contributed by atoms with Gasteiger partial charge in [-0.1, -0.05) is 24.8 Å². The lowest BCUT2D eigenvalue weighted by Gasteiger charge is -2.28. The molecule has 1 aliphatic carbocycles. The van der Waals surface area contributed by atoms with Crippen LogP contribution in [0.2, 0.25) is 0 Å². The molecule has 0 saturated carbocycles. The van der Waals surface area contributed by atoms with Crippen molar-refractivity contribution in [1.82, 2.24) is 0 Å². The number of ether oxygens (including phenoxy) is 3. The first-order chi connectivity index (χ1) is 14.1. The third-order valence-electron chi connectivity index (χ3n) is 5.11. The maximum Gasteiger partial charge on any atom is 0.336 e. The summed E-state index contributed by atoms with van der Waals surface area (Å²) < 4.78 is 15.7. The van der Waals surface area contributed by atoms with E-state index in [1.165, 1.54) is 6.92 Å². The highest BCUT2D eigenvalue weighted by molar-refractivity contribution is 5.92. The van der Waals surface area contributed by atoms with Crippen molar-refractivity contribution in [3.8, 4) is 0 Å². The van der Waals surface area contributed by atoms with Crippen LogP contribution in [-0.4, -0.2) is 59.6 Å². The van der Waals surface area contributed by atoms with Gasteiger partial charge in [0.25, 0.3) is 0 Å². The second kappa shape index (κ2) is 10.4. The molecule has 0 spiro atoms. The number of aliphatic hydroxyl groups excluding tert-OH is 2. The fourth-order valence-electron chi connectivity index (χ4n) is 3.42. The molecular formula is C22H28O8. The minimum Gasteiger partial charge on any atom is -0.463 e. The predicted molar refractivity (Wildman–Crippen MR) is 107 cm³/mol. The maximum absolute atomic E-state index is 12.6. The molecular weight excluding hydrogens is 392 g/mol. The number of carbonyl (C=O) groups excluding carboxylic acids is 3. The molecule has 2 N–H and O–H groups in total. The fraction of sp³-hybridized carbons (Fsp3) is 0.500. The van der Waals surface area contributed by atoms with Crippen molar-refractivity contribution >= 4 is 17.9 Å². The normalized spacial score (nSPS) is 28.7. The molecule has 30 heavy (non-hydrogen) atoms. The van der Waals surface area contributed by atoms with E-state index in [0.29, 0.717) is 24.8 Å². The monoisotopic (exact) mass is 420 g/mol. The van der Waals surface area contributed by atoms with Crippen LogP contribution in [-0.2, 0) is 28.6 Å². The number of hydrogen-bond acceptors (Lipinski definition) is 8. The Hall–Kier alpha value is -2.71. The number of esters is 3. The van der Waals surface area contributed by atoms with Crippen LogP contribution in [0, 0.1) is 5.92 Å². The highest BCUT2D eigenvalue weighted by Crippen LogP contribution is 2.36. The molecule has 4 atom stereocenters. The fourth-order valence-corrected chi connectivity index (χ4v) is 3.42. The van der Waals surface area contributed by atoms with E-state index in [1.54, 1.807) is 6.08 Å². The smallest absolute Gasteiger partial charge is 0.336 e. The van der Waals surface area contributed by atoms with Crippen LogP contribution < -0.4 is 0 Å². The van der Waals surface area contributed by atoms with Crippen LogP contribution in [0.1, 0.15) is 33.1 Å². The molecule has 2 rings (SSSR count). The van der Waals surface area contributed by atoms with Crippen LogP contribution in [0.15, 0.2) is 47.6 Å². The number of aliphatic hydroxyl groups is 2. The summed E-state index contributed by atoms with van der Waals surface area (Å²) in [4.78, 5) is 35.7. The Morgan fingerprint density at radius 1 is 1.40 bits per heavy atom. The maximum atomic E-state index is 12.6. The van der Waals surface area contributed by atoms with Gasteiger partial charge in [0.05, 0.1) is 18.1 Å². The Balaban J connectivity index is 2.26. The molecule has 1 fully saturated rings. The van der Waals surface area contributed by atoms with Crippen molar-refractivity contribution in [3.05, 3.63) is 47.6 Å². The quantitative estimate of drug-likeness (QED) is 0.287. The number of hydrogen-bond donors (Lipinski definition) is 2. The van der Waals surface area contributed by atoms with Crippen LogP contribution in [0.25, 0.3) is 0 Å². The van der Waals surface area contributed by atoms with Gasteiger partial charge in [0.15, 0.2) is 0 Å². The second-order valence-electron chi connectivity index (χ2n) is 7.48. The lowest BCUT2D eigenvalue weighted by molar-refractivity contribution is -0.151. The summed E-state index contributed by atoms with van der Waals surface area (Å²) in [5, 5.41) is 19.6. The molecule has 0 aromatic carbocycles. The Kier molecular flexibility index (Phi) is 8.14. The van der Waals surface area contributed by atoms with Gasteiger partial charge in [0.2, 0.25) is 0 Å². The zero-order chi connectivity index (χ0) is 22.4. The van der Waals surface area contributed by atoms with E-state index in [-0.39, 0.29) is 17.8 Å². The first-order valence-electron chi connectivity index (χ1n) is 9.71. The Labute approximate surface area is 175 Å².